The van der Waals surface area contributed by atoms with E-state index in [2.05, 4.69) is 4.85 Å². The maximum Gasteiger partial charge on any atom is 0.269 e. The Morgan fingerprint density at radius 2 is 1.26 bits per heavy atom. The van der Waals surface area contributed by atoms with Gasteiger partial charge in [0, 0.05) is 46.1 Å². The summed E-state index contributed by atoms with van der Waals surface area (Å²) in [6.07, 6.45) is 20.2. The van der Waals surface area contributed by atoms with E-state index in [-0.39, 0.29) is 22.8 Å². The van der Waals surface area contributed by atoms with Gasteiger partial charge in [-0.05, 0) is 190 Å². The van der Waals surface area contributed by atoms with Crippen LogP contribution in [0.4, 0.5) is 0 Å². The van der Waals surface area contributed by atoms with E-state index in [4.69, 9.17) is 45.8 Å². The van der Waals surface area contributed by atoms with Gasteiger partial charge < -0.3 is 29.2 Å². The number of hydrogen-bond acceptors (Lipinski definition) is 12. The van der Waals surface area contributed by atoms with E-state index in [0.717, 1.165) is 78.1 Å². The lowest BCUT2D eigenvalue weighted by Gasteiger charge is -2.68. The molecule has 77 heavy (non-hydrogen) atoms. The molecule has 1 saturated heterocycles. The number of benzene rings is 4. The SMILES string of the molecule is CC1=CC(=C(C#N)C#N)c2ccccc2O1.COC(=C1C2CC3CC(C2)CC1C3)c1cc(O)ccc1C=O.[C-]#[N+]\C(C#N)=C1/C=C(/C=C/c2ccc(O)cc2C2(OC)OOC23C2CC4CC(C2)CC3C4)Oc2ccccc21. The highest BCUT2D eigenvalue weighted by Crippen LogP contribution is 2.70. The number of methoxy groups -OCH3 is 2. The van der Waals surface area contributed by atoms with Crippen molar-refractivity contribution >= 4 is 29.3 Å². The smallest absolute Gasteiger partial charge is 0.269 e. The maximum absolute atomic E-state index is 11.4. The number of rotatable bonds is 7. The van der Waals surface area contributed by atoms with Crippen molar-refractivity contribution in [2.75, 3.05) is 14.2 Å². The number of hydrogen-bond donors (Lipinski definition) is 2. The second-order valence-corrected chi connectivity index (χ2v) is 21.9. The predicted octanol–water partition coefficient (Wildman–Crippen LogP) is 13.3. The van der Waals surface area contributed by atoms with E-state index in [1.807, 2.05) is 78.9 Å². The Balaban J connectivity index is 0.000000139. The van der Waals surface area contributed by atoms with Crippen molar-refractivity contribution in [2.45, 2.75) is 82.5 Å². The molecule has 13 nitrogen and oxygen atoms in total. The number of phenolic OH excluding ortho intramolecular Hbond substituents is 2. The van der Waals surface area contributed by atoms with Gasteiger partial charge in [0.1, 0.15) is 58.0 Å². The lowest BCUT2D eigenvalue weighted by Crippen LogP contribution is -2.76. The fourth-order valence-corrected chi connectivity index (χ4v) is 15.0. The summed E-state index contributed by atoms with van der Waals surface area (Å²) in [5.41, 5.74) is 6.43. The molecular weight excluding hydrogens is 969 g/mol. The first-order chi connectivity index (χ1) is 37.5. The van der Waals surface area contributed by atoms with Gasteiger partial charge in [-0.3, -0.25) is 4.79 Å². The molecule has 8 bridgehead atoms. The summed E-state index contributed by atoms with van der Waals surface area (Å²) in [6.45, 7) is 9.26. The van der Waals surface area contributed by atoms with Gasteiger partial charge in [-0.1, -0.05) is 48.5 Å². The van der Waals surface area contributed by atoms with Crippen LogP contribution in [0.25, 0.3) is 27.8 Å². The van der Waals surface area contributed by atoms with E-state index in [1.54, 1.807) is 69.7 Å². The second kappa shape index (κ2) is 20.7. The van der Waals surface area contributed by atoms with Crippen LogP contribution >= 0.6 is 0 Å². The molecule has 13 heteroatoms. The van der Waals surface area contributed by atoms with Crippen LogP contribution in [0.15, 0.2) is 132 Å². The van der Waals surface area contributed by atoms with Crippen LogP contribution in [0.2, 0.25) is 0 Å². The Morgan fingerprint density at radius 1 is 0.688 bits per heavy atom. The van der Waals surface area contributed by atoms with Crippen LogP contribution in [0, 0.1) is 87.9 Å². The Hall–Kier alpha value is -8.17. The van der Waals surface area contributed by atoms with Crippen LogP contribution in [0.5, 0.6) is 23.0 Å². The topological polar surface area (TPSA) is 189 Å². The number of carbonyl (C=O) groups is 1. The Bertz CT molecular complexity index is 3350. The number of phenols is 2. The fourth-order valence-electron chi connectivity index (χ4n) is 15.0. The number of nitrogens with zero attached hydrogens (tertiary/aromatic N) is 4. The highest BCUT2D eigenvalue weighted by molar-refractivity contribution is 5.88. The minimum Gasteiger partial charge on any atom is -0.508 e. The largest absolute Gasteiger partial charge is 0.508 e. The Kier molecular flexibility index (Phi) is 13.7. The van der Waals surface area contributed by atoms with Crippen LogP contribution in [-0.4, -0.2) is 36.3 Å². The quantitative estimate of drug-likeness (QED) is 0.0587. The normalized spacial score (nSPS) is 29.5. The third-order valence-corrected chi connectivity index (χ3v) is 17.6. The molecule has 1 atom stereocenters. The van der Waals surface area contributed by atoms with E-state index in [1.165, 1.54) is 44.1 Å². The molecule has 3 aliphatic heterocycles. The monoisotopic (exact) mass is 1030 g/mol. The van der Waals surface area contributed by atoms with Gasteiger partial charge in [0.2, 0.25) is 0 Å². The second-order valence-electron chi connectivity index (χ2n) is 21.9. The number of carbonyl (C=O) groups excluding carboxylic acids is 1. The number of fused-ring (bicyclic) bond motifs is 2. The number of aldehydes is 1. The number of allylic oxidation sites excluding steroid dienone is 9. The molecule has 4 aromatic rings. The molecule has 15 rings (SSSR count). The molecule has 3 heterocycles. The van der Waals surface area contributed by atoms with Crippen molar-refractivity contribution in [3.63, 3.8) is 0 Å². The number of aromatic hydroxyl groups is 2. The number of nitriles is 3. The Labute approximate surface area is 448 Å². The first-order valence-electron chi connectivity index (χ1n) is 26.5. The van der Waals surface area contributed by atoms with Crippen molar-refractivity contribution < 1.29 is 43.7 Å². The summed E-state index contributed by atoms with van der Waals surface area (Å²) in [5.74, 6) is 7.59. The third kappa shape index (κ3) is 8.89. The summed E-state index contributed by atoms with van der Waals surface area (Å²) in [5, 5.41) is 47.7. The lowest BCUT2D eigenvalue weighted by atomic mass is 9.47. The molecule has 4 aromatic carbocycles. The molecule has 8 saturated carbocycles. The standard InChI is InChI=1S/C32H28N2O5.C19H22O3.C13H8N2O/c1-34-29(18-33)27-17-25(37-30-6-4-3-5-26(27)30)10-8-21-7-9-24(35)16-28(21)32(36-2)31(38-39-32)22-12-19-11-20(14-22)15-23(31)13-19;1-22-19(17-9-16(21)3-2-13(17)10-20)18-14-5-11-4-12(7-14)8-15(18)6-11;1-9-6-12(10(7-14)8-15)11-4-2-3-5-13(11)16-9/h3-10,16-17,19-20,22-23,35H,11-15H2,2H3;2-3,9-12,14-15,21H,4-8H2,1H3;2-6H,1H3/b10-8+,29-27+;;. The zero-order chi connectivity index (χ0) is 53.6. The van der Waals surface area contributed by atoms with Crippen molar-refractivity contribution in [1.82, 2.24) is 0 Å². The van der Waals surface area contributed by atoms with E-state index in [0.29, 0.717) is 74.5 Å². The van der Waals surface area contributed by atoms with Gasteiger partial charge in [-0.15, -0.1) is 0 Å². The summed E-state index contributed by atoms with van der Waals surface area (Å²) in [4.78, 5) is 26.9. The fraction of sp³-hybridized carbons (Fsp3) is 0.359. The zero-order valence-electron chi connectivity index (χ0n) is 43.2. The molecule has 9 fully saturated rings. The van der Waals surface area contributed by atoms with E-state index < -0.39 is 11.4 Å². The molecular formula is C64H58N4O9. The van der Waals surface area contributed by atoms with Gasteiger partial charge >= 0.3 is 0 Å². The Morgan fingerprint density at radius 3 is 1.81 bits per heavy atom. The minimum absolute atomic E-state index is 0.00385. The van der Waals surface area contributed by atoms with Gasteiger partial charge in [-0.25, -0.2) is 15.0 Å². The summed E-state index contributed by atoms with van der Waals surface area (Å²) < 4.78 is 23.6. The highest BCUT2D eigenvalue weighted by Gasteiger charge is 2.77. The van der Waals surface area contributed by atoms with Gasteiger partial charge in [0.25, 0.3) is 11.5 Å². The summed E-state index contributed by atoms with van der Waals surface area (Å²) >= 11 is 0. The van der Waals surface area contributed by atoms with Gasteiger partial charge in [0.05, 0.1) is 19.8 Å². The number of ether oxygens (including phenoxy) is 4. The lowest BCUT2D eigenvalue weighted by molar-refractivity contribution is -0.645. The molecule has 0 amide bonds. The molecule has 8 aliphatic carbocycles. The average Bonchev–Trinajstić information content (AvgIpc) is 3.44. The van der Waals surface area contributed by atoms with E-state index in [9.17, 15) is 20.3 Å². The molecule has 1 unspecified atom stereocenters. The van der Waals surface area contributed by atoms with Crippen LogP contribution in [-0.2, 0) is 25.0 Å². The molecule has 388 valence electrons. The molecule has 2 N–H and O–H groups in total. The number of para-hydroxylation sites is 2. The maximum atomic E-state index is 11.4. The minimum atomic E-state index is -1.13. The summed E-state index contributed by atoms with van der Waals surface area (Å²) in [7, 11) is 3.34. The third-order valence-electron chi connectivity index (χ3n) is 17.6. The van der Waals surface area contributed by atoms with Crippen LogP contribution in [0.3, 0.4) is 0 Å². The van der Waals surface area contributed by atoms with Crippen LogP contribution < -0.4 is 9.47 Å². The highest BCUT2D eigenvalue weighted by atomic mass is 17.3. The molecule has 11 aliphatic rings. The summed E-state index contributed by atoms with van der Waals surface area (Å²) in [6, 6.07) is 30.6. The van der Waals surface area contributed by atoms with Crippen LogP contribution in [0.1, 0.15) is 109 Å². The van der Waals surface area contributed by atoms with Crippen molar-refractivity contribution in [3.05, 3.63) is 176 Å². The average molecular weight is 1030 g/mol. The first kappa shape index (κ1) is 51.0. The van der Waals surface area contributed by atoms with Gasteiger partial charge in [0.15, 0.2) is 11.9 Å². The van der Waals surface area contributed by atoms with E-state index >= 15 is 0 Å². The molecule has 0 radical (unpaired) electrons. The van der Waals surface area contributed by atoms with Gasteiger partial charge in [-0.2, -0.15) is 15.4 Å². The first-order valence-corrected chi connectivity index (χ1v) is 26.5. The zero-order valence-corrected chi connectivity index (χ0v) is 43.2. The predicted molar refractivity (Wildman–Crippen MR) is 286 cm³/mol. The van der Waals surface area contributed by atoms with Crippen molar-refractivity contribution in [3.8, 4) is 41.2 Å². The van der Waals surface area contributed by atoms with Crippen molar-refractivity contribution in [2.24, 2.45) is 47.3 Å². The molecule has 0 aromatic heterocycles. The molecule has 1 spiro atoms. The van der Waals surface area contributed by atoms with Crippen molar-refractivity contribution in [1.29, 1.82) is 15.8 Å².